The SMILES string of the molecule is C=CCn1c(SCC(=O)N2CCC(C(=O)OCC)CC2)nc2ccccc2c1=O. The Kier molecular flexibility index (Phi) is 7.09. The number of piperidine rings is 1. The average molecular weight is 416 g/mol. The molecule has 0 bridgehead atoms. The van der Waals surface area contributed by atoms with Gasteiger partial charge in [0.05, 0.1) is 29.2 Å². The van der Waals surface area contributed by atoms with Crippen molar-refractivity contribution in [1.82, 2.24) is 14.5 Å². The number of esters is 1. The molecular formula is C21H25N3O4S. The minimum Gasteiger partial charge on any atom is -0.466 e. The summed E-state index contributed by atoms with van der Waals surface area (Å²) in [6.45, 7) is 7.28. The van der Waals surface area contributed by atoms with Crippen molar-refractivity contribution < 1.29 is 14.3 Å². The number of para-hydroxylation sites is 1. The Labute approximate surface area is 173 Å². The summed E-state index contributed by atoms with van der Waals surface area (Å²) in [6, 6.07) is 7.18. The first-order chi connectivity index (χ1) is 14.0. The fourth-order valence-electron chi connectivity index (χ4n) is 3.39. The maximum absolute atomic E-state index is 12.8. The zero-order valence-electron chi connectivity index (χ0n) is 16.5. The molecular weight excluding hydrogens is 390 g/mol. The minimum absolute atomic E-state index is 0.0233. The van der Waals surface area contributed by atoms with Gasteiger partial charge in [0.15, 0.2) is 5.16 Å². The highest BCUT2D eigenvalue weighted by molar-refractivity contribution is 7.99. The van der Waals surface area contributed by atoms with E-state index in [1.165, 1.54) is 11.8 Å². The van der Waals surface area contributed by atoms with E-state index in [0.717, 1.165) is 0 Å². The van der Waals surface area contributed by atoms with Crippen LogP contribution in [0.15, 0.2) is 46.9 Å². The summed E-state index contributed by atoms with van der Waals surface area (Å²) in [7, 11) is 0. The number of ether oxygens (including phenoxy) is 1. The molecule has 1 aliphatic rings. The molecule has 0 atom stereocenters. The number of benzene rings is 1. The van der Waals surface area contributed by atoms with E-state index in [1.54, 1.807) is 40.7 Å². The smallest absolute Gasteiger partial charge is 0.309 e. The first-order valence-corrected chi connectivity index (χ1v) is 10.7. The zero-order valence-corrected chi connectivity index (χ0v) is 17.3. The topological polar surface area (TPSA) is 81.5 Å². The van der Waals surface area contributed by atoms with Crippen molar-refractivity contribution in [2.24, 2.45) is 5.92 Å². The van der Waals surface area contributed by atoms with E-state index < -0.39 is 0 Å². The van der Waals surface area contributed by atoms with Gasteiger partial charge in [-0.3, -0.25) is 19.0 Å². The van der Waals surface area contributed by atoms with Gasteiger partial charge in [-0.2, -0.15) is 0 Å². The van der Waals surface area contributed by atoms with Gasteiger partial charge in [0.2, 0.25) is 5.91 Å². The van der Waals surface area contributed by atoms with Crippen LogP contribution in [-0.4, -0.2) is 51.8 Å². The van der Waals surface area contributed by atoms with Gasteiger partial charge < -0.3 is 9.64 Å². The fourth-order valence-corrected chi connectivity index (χ4v) is 4.30. The Morgan fingerprint density at radius 2 is 2.03 bits per heavy atom. The molecule has 29 heavy (non-hydrogen) atoms. The van der Waals surface area contributed by atoms with Gasteiger partial charge in [0.1, 0.15) is 0 Å². The molecule has 3 rings (SSSR count). The summed E-state index contributed by atoms with van der Waals surface area (Å²) >= 11 is 1.25. The molecule has 1 fully saturated rings. The second-order valence-electron chi connectivity index (χ2n) is 6.81. The summed E-state index contributed by atoms with van der Waals surface area (Å²) in [5, 5.41) is 1.05. The van der Waals surface area contributed by atoms with Crippen LogP contribution < -0.4 is 5.56 Å². The van der Waals surface area contributed by atoms with Gasteiger partial charge >= 0.3 is 5.97 Å². The number of aromatic nitrogens is 2. The lowest BCUT2D eigenvalue weighted by atomic mass is 9.97. The summed E-state index contributed by atoms with van der Waals surface area (Å²) < 4.78 is 6.61. The molecule has 0 spiro atoms. The van der Waals surface area contributed by atoms with Gasteiger partial charge in [0, 0.05) is 19.6 Å². The van der Waals surface area contributed by atoms with Crippen molar-refractivity contribution in [3.05, 3.63) is 47.3 Å². The predicted octanol–water partition coefficient (Wildman–Crippen LogP) is 2.48. The summed E-state index contributed by atoms with van der Waals surface area (Å²) in [6.07, 6.45) is 2.87. The van der Waals surface area contributed by atoms with E-state index in [-0.39, 0.29) is 29.1 Å². The zero-order chi connectivity index (χ0) is 20.8. The quantitative estimate of drug-likeness (QED) is 0.299. The number of fused-ring (bicyclic) bond motifs is 1. The van der Waals surface area contributed by atoms with Gasteiger partial charge in [0.25, 0.3) is 5.56 Å². The normalized spacial score (nSPS) is 14.7. The average Bonchev–Trinajstić information content (AvgIpc) is 2.74. The molecule has 7 nitrogen and oxygen atoms in total. The molecule has 1 aliphatic heterocycles. The van der Waals surface area contributed by atoms with Crippen molar-refractivity contribution in [2.45, 2.75) is 31.5 Å². The van der Waals surface area contributed by atoms with Crippen LogP contribution in [0.25, 0.3) is 10.9 Å². The van der Waals surface area contributed by atoms with Crippen LogP contribution in [0.4, 0.5) is 0 Å². The van der Waals surface area contributed by atoms with Crippen molar-refractivity contribution in [3.63, 3.8) is 0 Å². The van der Waals surface area contributed by atoms with E-state index in [1.807, 2.05) is 6.07 Å². The monoisotopic (exact) mass is 415 g/mol. The number of carbonyl (C=O) groups is 2. The van der Waals surface area contributed by atoms with E-state index in [4.69, 9.17) is 4.74 Å². The largest absolute Gasteiger partial charge is 0.466 e. The van der Waals surface area contributed by atoms with Crippen LogP contribution in [0.1, 0.15) is 19.8 Å². The second kappa shape index (κ2) is 9.73. The van der Waals surface area contributed by atoms with Crippen molar-refractivity contribution in [3.8, 4) is 0 Å². The van der Waals surface area contributed by atoms with Gasteiger partial charge in [-0.1, -0.05) is 30.0 Å². The molecule has 0 aliphatic carbocycles. The number of carbonyl (C=O) groups excluding carboxylic acids is 2. The van der Waals surface area contributed by atoms with E-state index >= 15 is 0 Å². The third-order valence-corrected chi connectivity index (χ3v) is 5.89. The molecule has 1 amide bonds. The Morgan fingerprint density at radius 3 is 2.72 bits per heavy atom. The Balaban J connectivity index is 1.67. The molecule has 0 saturated carbocycles. The number of nitrogens with zero attached hydrogens (tertiary/aromatic N) is 3. The van der Waals surface area contributed by atoms with Crippen molar-refractivity contribution in [1.29, 1.82) is 0 Å². The van der Waals surface area contributed by atoms with Crippen LogP contribution in [0, 0.1) is 5.92 Å². The first kappa shape index (κ1) is 21.1. The summed E-state index contributed by atoms with van der Waals surface area (Å²) in [4.78, 5) is 43.6. The second-order valence-corrected chi connectivity index (χ2v) is 7.75. The highest BCUT2D eigenvalue weighted by Crippen LogP contribution is 2.22. The molecule has 0 radical (unpaired) electrons. The van der Waals surface area contributed by atoms with Crippen molar-refractivity contribution in [2.75, 3.05) is 25.4 Å². The number of likely N-dealkylation sites (tertiary alicyclic amines) is 1. The molecule has 1 aromatic heterocycles. The molecule has 1 aromatic carbocycles. The number of thioether (sulfide) groups is 1. The highest BCUT2D eigenvalue weighted by Gasteiger charge is 2.28. The van der Waals surface area contributed by atoms with Crippen LogP contribution in [0.3, 0.4) is 0 Å². The van der Waals surface area contributed by atoms with Gasteiger partial charge in [-0.05, 0) is 31.9 Å². The maximum Gasteiger partial charge on any atom is 0.309 e. The predicted molar refractivity (Wildman–Crippen MR) is 113 cm³/mol. The standard InChI is InChI=1S/C21H25N3O4S/c1-3-11-24-19(26)16-7-5-6-8-17(16)22-21(24)29-14-18(25)23-12-9-15(10-13-23)20(27)28-4-2/h3,5-8,15H,1,4,9-14H2,2H3. The number of allylic oxidation sites excluding steroid dienone is 1. The Hall–Kier alpha value is -2.61. The number of rotatable bonds is 7. The molecule has 154 valence electrons. The minimum atomic E-state index is -0.178. The molecule has 0 unspecified atom stereocenters. The first-order valence-electron chi connectivity index (χ1n) is 9.72. The van der Waals surface area contributed by atoms with Crippen LogP contribution >= 0.6 is 11.8 Å². The molecule has 1 saturated heterocycles. The van der Waals surface area contributed by atoms with Gasteiger partial charge in [-0.15, -0.1) is 6.58 Å². The fraction of sp³-hybridized carbons (Fsp3) is 0.429. The maximum atomic E-state index is 12.8. The summed E-state index contributed by atoms with van der Waals surface area (Å²) in [5.74, 6) is -0.148. The third-order valence-electron chi connectivity index (χ3n) is 4.93. The van der Waals surface area contributed by atoms with Crippen molar-refractivity contribution >= 4 is 34.5 Å². The van der Waals surface area contributed by atoms with E-state index in [2.05, 4.69) is 11.6 Å². The Bertz CT molecular complexity index is 964. The number of hydrogen-bond donors (Lipinski definition) is 0. The number of amides is 1. The van der Waals surface area contributed by atoms with Crippen LogP contribution in [0.2, 0.25) is 0 Å². The van der Waals surface area contributed by atoms with Crippen LogP contribution in [-0.2, 0) is 20.9 Å². The lowest BCUT2D eigenvalue weighted by Crippen LogP contribution is -2.41. The van der Waals surface area contributed by atoms with E-state index in [9.17, 15) is 14.4 Å². The molecule has 2 aromatic rings. The molecule has 0 N–H and O–H groups in total. The molecule has 2 heterocycles. The Morgan fingerprint density at radius 1 is 1.31 bits per heavy atom. The molecule has 8 heteroatoms. The van der Waals surface area contributed by atoms with Crippen LogP contribution in [0.5, 0.6) is 0 Å². The third kappa shape index (κ3) is 4.87. The highest BCUT2D eigenvalue weighted by atomic mass is 32.2. The lowest BCUT2D eigenvalue weighted by molar-refractivity contribution is -0.151. The number of hydrogen-bond acceptors (Lipinski definition) is 6. The van der Waals surface area contributed by atoms with Gasteiger partial charge in [-0.25, -0.2) is 4.98 Å². The lowest BCUT2D eigenvalue weighted by Gasteiger charge is -2.30. The van der Waals surface area contributed by atoms with E-state index in [0.29, 0.717) is 55.1 Å². The summed E-state index contributed by atoms with van der Waals surface area (Å²) in [5.41, 5.74) is 0.476.